The summed E-state index contributed by atoms with van der Waals surface area (Å²) in [5, 5.41) is 4.40. The van der Waals surface area contributed by atoms with E-state index in [1.807, 2.05) is 12.1 Å². The lowest BCUT2D eigenvalue weighted by atomic mass is 10.1. The van der Waals surface area contributed by atoms with E-state index in [2.05, 4.69) is 29.1 Å². The van der Waals surface area contributed by atoms with Crippen molar-refractivity contribution in [3.63, 3.8) is 0 Å². The highest BCUT2D eigenvalue weighted by atomic mass is 16.1. The van der Waals surface area contributed by atoms with Crippen molar-refractivity contribution < 1.29 is 4.79 Å². The van der Waals surface area contributed by atoms with Crippen LogP contribution >= 0.6 is 0 Å². The van der Waals surface area contributed by atoms with Crippen molar-refractivity contribution in [2.24, 2.45) is 0 Å². The molecule has 3 rings (SSSR count). The Morgan fingerprint density at radius 2 is 2.05 bits per heavy atom. The topological polar surface area (TPSA) is 47.3 Å². The molecule has 4 nitrogen and oxygen atoms in total. The zero-order valence-electron chi connectivity index (χ0n) is 10.6. The highest BCUT2D eigenvalue weighted by molar-refractivity contribution is 5.83. The second kappa shape index (κ2) is 4.65. The van der Waals surface area contributed by atoms with Gasteiger partial charge in [0.05, 0.1) is 5.56 Å². The largest absolute Gasteiger partial charge is 0.298 e. The van der Waals surface area contributed by atoms with Crippen LogP contribution in [-0.4, -0.2) is 20.9 Å². The first-order chi connectivity index (χ1) is 9.28. The summed E-state index contributed by atoms with van der Waals surface area (Å²) in [5.74, 6) is 0.726. The van der Waals surface area contributed by atoms with Gasteiger partial charge < -0.3 is 0 Å². The van der Waals surface area contributed by atoms with Gasteiger partial charge in [-0.25, -0.2) is 9.50 Å². The van der Waals surface area contributed by atoms with Gasteiger partial charge in [-0.05, 0) is 30.2 Å². The molecule has 0 radical (unpaired) electrons. The number of aromatic nitrogens is 3. The Bertz CT molecular complexity index is 746. The zero-order chi connectivity index (χ0) is 13.2. The molecule has 0 saturated carbocycles. The van der Waals surface area contributed by atoms with Crippen molar-refractivity contribution in [1.82, 2.24) is 14.6 Å². The Kier molecular flexibility index (Phi) is 2.83. The van der Waals surface area contributed by atoms with Crippen LogP contribution in [0, 0.1) is 6.92 Å². The molecule has 0 saturated heterocycles. The molecule has 0 unspecified atom stereocenters. The van der Waals surface area contributed by atoms with Crippen LogP contribution in [0.2, 0.25) is 0 Å². The van der Waals surface area contributed by atoms with Crippen molar-refractivity contribution in [2.45, 2.75) is 13.3 Å². The highest BCUT2D eigenvalue weighted by Gasteiger charge is 2.08. The quantitative estimate of drug-likeness (QED) is 0.672. The maximum absolute atomic E-state index is 11.0. The van der Waals surface area contributed by atoms with Crippen LogP contribution in [0.25, 0.3) is 5.65 Å². The summed E-state index contributed by atoms with van der Waals surface area (Å²) in [7, 11) is 0. The van der Waals surface area contributed by atoms with E-state index in [0.29, 0.717) is 17.6 Å². The molecular formula is C15H13N3O. The molecule has 2 heterocycles. The number of hydrogen-bond acceptors (Lipinski definition) is 3. The average molecular weight is 251 g/mol. The van der Waals surface area contributed by atoms with E-state index in [0.717, 1.165) is 12.1 Å². The van der Waals surface area contributed by atoms with Gasteiger partial charge in [-0.2, -0.15) is 5.10 Å². The first kappa shape index (κ1) is 11.6. The maximum atomic E-state index is 11.0. The van der Waals surface area contributed by atoms with E-state index in [9.17, 15) is 4.79 Å². The first-order valence-electron chi connectivity index (χ1n) is 6.12. The van der Waals surface area contributed by atoms with Crippen LogP contribution < -0.4 is 0 Å². The van der Waals surface area contributed by atoms with Crippen molar-refractivity contribution in [3.8, 4) is 0 Å². The number of rotatable bonds is 3. The predicted molar refractivity (Wildman–Crippen MR) is 72.4 cm³/mol. The summed E-state index contributed by atoms with van der Waals surface area (Å²) in [6.07, 6.45) is 3.28. The molecule has 0 atom stereocenters. The van der Waals surface area contributed by atoms with E-state index in [-0.39, 0.29) is 0 Å². The van der Waals surface area contributed by atoms with E-state index >= 15 is 0 Å². The predicted octanol–water partition coefficient (Wildman–Crippen LogP) is 2.44. The van der Waals surface area contributed by atoms with Crippen molar-refractivity contribution in [1.29, 1.82) is 0 Å². The summed E-state index contributed by atoms with van der Waals surface area (Å²) in [6.45, 7) is 2.07. The van der Waals surface area contributed by atoms with E-state index < -0.39 is 0 Å². The molecule has 0 bridgehead atoms. The van der Waals surface area contributed by atoms with Crippen LogP contribution in [0.1, 0.15) is 27.3 Å². The summed E-state index contributed by atoms with van der Waals surface area (Å²) in [4.78, 5) is 15.4. The third kappa shape index (κ3) is 2.12. The normalized spacial score (nSPS) is 10.8. The van der Waals surface area contributed by atoms with Gasteiger partial charge in [0.2, 0.25) is 0 Å². The lowest BCUT2D eigenvalue weighted by molar-refractivity contribution is 0.112. The summed E-state index contributed by atoms with van der Waals surface area (Å²) in [5.41, 5.74) is 3.59. The number of aryl methyl sites for hydroxylation is 1. The minimum absolute atomic E-state index is 0.561. The molecule has 1 aromatic carbocycles. The lowest BCUT2D eigenvalue weighted by Crippen LogP contribution is -1.94. The number of fused-ring (bicyclic) bond motifs is 1. The number of carbonyl (C=O) groups excluding carboxylic acids is 1. The monoisotopic (exact) mass is 251 g/mol. The second-order valence-corrected chi connectivity index (χ2v) is 4.48. The molecule has 3 aromatic rings. The van der Waals surface area contributed by atoms with Gasteiger partial charge in [-0.15, -0.1) is 0 Å². The number of aldehydes is 1. The first-order valence-corrected chi connectivity index (χ1v) is 6.12. The van der Waals surface area contributed by atoms with Crippen LogP contribution in [0.5, 0.6) is 0 Å². The molecule has 0 fully saturated rings. The smallest absolute Gasteiger partial charge is 0.166 e. The minimum atomic E-state index is 0.561. The third-order valence-corrected chi connectivity index (χ3v) is 3.17. The molecule has 4 heteroatoms. The molecule has 2 aromatic heterocycles. The Morgan fingerprint density at radius 1 is 1.21 bits per heavy atom. The van der Waals surface area contributed by atoms with Crippen molar-refractivity contribution in [2.75, 3.05) is 0 Å². The molecule has 19 heavy (non-hydrogen) atoms. The molecule has 0 amide bonds. The molecule has 94 valence electrons. The van der Waals surface area contributed by atoms with Gasteiger partial charge in [0, 0.05) is 12.6 Å². The Labute approximate surface area is 110 Å². The summed E-state index contributed by atoms with van der Waals surface area (Å²) >= 11 is 0. The van der Waals surface area contributed by atoms with E-state index in [1.165, 1.54) is 11.1 Å². The molecule has 0 N–H and O–H groups in total. The van der Waals surface area contributed by atoms with E-state index in [4.69, 9.17) is 0 Å². The second-order valence-electron chi connectivity index (χ2n) is 4.48. The molecule has 0 spiro atoms. The Morgan fingerprint density at radius 3 is 2.84 bits per heavy atom. The van der Waals surface area contributed by atoms with Gasteiger partial charge in [-0.3, -0.25) is 4.79 Å². The summed E-state index contributed by atoms with van der Waals surface area (Å²) < 4.78 is 1.65. The van der Waals surface area contributed by atoms with Crippen LogP contribution in [0.4, 0.5) is 0 Å². The average Bonchev–Trinajstić information content (AvgIpc) is 2.83. The molecule has 0 aliphatic rings. The van der Waals surface area contributed by atoms with E-state index in [1.54, 1.807) is 22.8 Å². The Balaban J connectivity index is 2.03. The molecular weight excluding hydrogens is 238 g/mol. The van der Waals surface area contributed by atoms with Crippen molar-refractivity contribution >= 4 is 11.9 Å². The minimum Gasteiger partial charge on any atom is -0.298 e. The lowest BCUT2D eigenvalue weighted by Gasteiger charge is -2.01. The number of pyridine rings is 1. The van der Waals surface area contributed by atoms with Crippen molar-refractivity contribution in [3.05, 3.63) is 65.1 Å². The van der Waals surface area contributed by atoms with Gasteiger partial charge in [0.1, 0.15) is 0 Å². The van der Waals surface area contributed by atoms with Gasteiger partial charge in [0.25, 0.3) is 0 Å². The third-order valence-electron chi connectivity index (χ3n) is 3.17. The molecule has 0 aliphatic carbocycles. The van der Waals surface area contributed by atoms with Crippen LogP contribution in [0.15, 0.2) is 42.6 Å². The number of hydrogen-bond donors (Lipinski definition) is 0. The standard InChI is InChI=1S/C15H13N3O/c1-11-5-2-3-6-12(11)9-14-16-15-13(10-19)7-4-8-18(15)17-14/h2-8,10H,9H2,1H3. The van der Waals surface area contributed by atoms with Gasteiger partial charge in [-0.1, -0.05) is 24.3 Å². The van der Waals surface area contributed by atoms with Gasteiger partial charge >= 0.3 is 0 Å². The highest BCUT2D eigenvalue weighted by Crippen LogP contribution is 2.13. The zero-order valence-corrected chi connectivity index (χ0v) is 10.6. The number of nitrogens with zero attached hydrogens (tertiary/aromatic N) is 3. The number of benzene rings is 1. The fourth-order valence-corrected chi connectivity index (χ4v) is 2.12. The SMILES string of the molecule is Cc1ccccc1Cc1nc2c(C=O)cccn2n1. The summed E-state index contributed by atoms with van der Waals surface area (Å²) in [6, 6.07) is 11.7. The van der Waals surface area contributed by atoms with Crippen LogP contribution in [-0.2, 0) is 6.42 Å². The molecule has 0 aliphatic heterocycles. The maximum Gasteiger partial charge on any atom is 0.166 e. The van der Waals surface area contributed by atoms with Gasteiger partial charge in [0.15, 0.2) is 17.8 Å². The fourth-order valence-electron chi connectivity index (χ4n) is 2.12. The Hall–Kier alpha value is -2.49. The number of carbonyl (C=O) groups is 1. The fraction of sp³-hybridized carbons (Fsp3) is 0.133. The van der Waals surface area contributed by atoms with Crippen LogP contribution in [0.3, 0.4) is 0 Å².